The molecule has 0 aliphatic carbocycles. The quantitative estimate of drug-likeness (QED) is 0.807. The highest BCUT2D eigenvalue weighted by atomic mass is 16.4. The van der Waals surface area contributed by atoms with Gasteiger partial charge in [0.1, 0.15) is 6.04 Å². The third kappa shape index (κ3) is 3.89. The molecule has 5 nitrogen and oxygen atoms in total. The monoisotopic (exact) mass is 256 g/mol. The van der Waals surface area contributed by atoms with E-state index in [0.717, 1.165) is 32.4 Å². The predicted molar refractivity (Wildman–Crippen MR) is 69.4 cm³/mol. The van der Waals surface area contributed by atoms with E-state index in [9.17, 15) is 9.59 Å². The van der Waals surface area contributed by atoms with Crippen molar-refractivity contribution in [1.29, 1.82) is 0 Å². The van der Waals surface area contributed by atoms with Crippen molar-refractivity contribution in [2.75, 3.05) is 13.1 Å². The normalized spacial score (nSPS) is 20.3. The van der Waals surface area contributed by atoms with Crippen LogP contribution in [-0.4, -0.2) is 41.1 Å². The average molecular weight is 256 g/mol. The van der Waals surface area contributed by atoms with Crippen LogP contribution in [0.15, 0.2) is 0 Å². The highest BCUT2D eigenvalue weighted by Gasteiger charge is 2.28. The van der Waals surface area contributed by atoms with Crippen molar-refractivity contribution < 1.29 is 14.7 Å². The third-order valence-electron chi connectivity index (χ3n) is 3.83. The van der Waals surface area contributed by atoms with Crippen LogP contribution < -0.4 is 5.32 Å². The van der Waals surface area contributed by atoms with E-state index in [1.165, 1.54) is 0 Å². The molecule has 2 amide bonds. The van der Waals surface area contributed by atoms with Gasteiger partial charge in [-0.15, -0.1) is 0 Å². The van der Waals surface area contributed by atoms with E-state index >= 15 is 0 Å². The number of nitrogens with zero attached hydrogens (tertiary/aromatic N) is 1. The number of hydrogen-bond donors (Lipinski definition) is 2. The number of carbonyl (C=O) groups excluding carboxylic acids is 1. The average Bonchev–Trinajstić information content (AvgIpc) is 2.35. The number of urea groups is 1. The Morgan fingerprint density at radius 2 is 1.94 bits per heavy atom. The first-order valence-corrected chi connectivity index (χ1v) is 6.74. The summed E-state index contributed by atoms with van der Waals surface area (Å²) in [5.74, 6) is -0.364. The van der Waals surface area contributed by atoms with Crippen LogP contribution in [0.2, 0.25) is 0 Å². The van der Waals surface area contributed by atoms with Gasteiger partial charge in [0.2, 0.25) is 0 Å². The highest BCUT2D eigenvalue weighted by Crippen LogP contribution is 2.16. The molecule has 18 heavy (non-hydrogen) atoms. The molecule has 1 aliphatic rings. The summed E-state index contributed by atoms with van der Waals surface area (Å²) in [6.07, 6.45) is 2.72. The van der Waals surface area contributed by atoms with Gasteiger partial charge in [0, 0.05) is 13.1 Å². The molecular weight excluding hydrogens is 232 g/mol. The molecule has 1 saturated heterocycles. The molecule has 0 spiro atoms. The molecule has 2 N–H and O–H groups in total. The lowest BCUT2D eigenvalue weighted by atomic mass is 9.98. The van der Waals surface area contributed by atoms with E-state index in [2.05, 4.69) is 12.2 Å². The fraction of sp³-hybridized carbons (Fsp3) is 0.846. The van der Waals surface area contributed by atoms with E-state index < -0.39 is 12.0 Å². The lowest BCUT2D eigenvalue weighted by molar-refractivity contribution is -0.140. The van der Waals surface area contributed by atoms with Gasteiger partial charge < -0.3 is 15.3 Å². The molecule has 1 fully saturated rings. The largest absolute Gasteiger partial charge is 0.480 e. The van der Waals surface area contributed by atoms with Crippen LogP contribution >= 0.6 is 0 Å². The lowest BCUT2D eigenvalue weighted by Gasteiger charge is -2.32. The van der Waals surface area contributed by atoms with E-state index in [0.29, 0.717) is 5.92 Å². The number of carbonyl (C=O) groups is 2. The topological polar surface area (TPSA) is 69.6 Å². The third-order valence-corrected chi connectivity index (χ3v) is 3.83. The maximum Gasteiger partial charge on any atom is 0.326 e. The SMILES string of the molecule is CC[C@H](C)[C@H](NC(=O)N1CCC(C)CC1)C(=O)O. The fourth-order valence-corrected chi connectivity index (χ4v) is 2.12. The molecule has 2 atom stereocenters. The molecule has 1 heterocycles. The van der Waals surface area contributed by atoms with E-state index in [1.807, 2.05) is 13.8 Å². The van der Waals surface area contributed by atoms with Crippen molar-refractivity contribution in [2.45, 2.75) is 46.1 Å². The number of carboxylic acids is 1. The Morgan fingerprint density at radius 1 is 1.39 bits per heavy atom. The van der Waals surface area contributed by atoms with Gasteiger partial charge in [0.15, 0.2) is 0 Å². The van der Waals surface area contributed by atoms with Gasteiger partial charge in [-0.1, -0.05) is 27.2 Å². The summed E-state index contributed by atoms with van der Waals surface area (Å²) in [7, 11) is 0. The standard InChI is InChI=1S/C13H24N2O3/c1-4-10(3)11(12(16)17)14-13(18)15-7-5-9(2)6-8-15/h9-11H,4-8H2,1-3H3,(H,14,18)(H,16,17)/t10-,11-/m0/s1. The Morgan fingerprint density at radius 3 is 2.39 bits per heavy atom. The molecule has 1 aliphatic heterocycles. The second-order valence-corrected chi connectivity index (χ2v) is 5.32. The second kappa shape index (κ2) is 6.61. The molecule has 0 unspecified atom stereocenters. The molecule has 5 heteroatoms. The minimum absolute atomic E-state index is 0.0600. The first kappa shape index (κ1) is 14.8. The highest BCUT2D eigenvalue weighted by molar-refractivity contribution is 5.82. The number of likely N-dealkylation sites (tertiary alicyclic amines) is 1. The van der Waals surface area contributed by atoms with Crippen LogP contribution in [0.5, 0.6) is 0 Å². The summed E-state index contributed by atoms with van der Waals surface area (Å²) < 4.78 is 0. The zero-order valence-corrected chi connectivity index (χ0v) is 11.5. The van der Waals surface area contributed by atoms with Gasteiger partial charge in [-0.3, -0.25) is 0 Å². The van der Waals surface area contributed by atoms with Gasteiger partial charge in [-0.25, -0.2) is 9.59 Å². The molecule has 0 aromatic rings. The number of aliphatic carboxylic acids is 1. The van der Waals surface area contributed by atoms with Gasteiger partial charge in [-0.05, 0) is 24.7 Å². The minimum Gasteiger partial charge on any atom is -0.480 e. The maximum atomic E-state index is 12.0. The van der Waals surface area contributed by atoms with Gasteiger partial charge in [-0.2, -0.15) is 0 Å². The van der Waals surface area contributed by atoms with Crippen LogP contribution in [0.3, 0.4) is 0 Å². The minimum atomic E-state index is -0.955. The number of nitrogens with one attached hydrogen (secondary N) is 1. The Balaban J connectivity index is 2.53. The van der Waals surface area contributed by atoms with Crippen molar-refractivity contribution in [3.05, 3.63) is 0 Å². The first-order valence-electron chi connectivity index (χ1n) is 6.74. The molecular formula is C13H24N2O3. The lowest BCUT2D eigenvalue weighted by Crippen LogP contribution is -2.52. The molecule has 104 valence electrons. The van der Waals surface area contributed by atoms with Gasteiger partial charge >= 0.3 is 12.0 Å². The van der Waals surface area contributed by atoms with Crippen molar-refractivity contribution in [1.82, 2.24) is 10.2 Å². The number of amides is 2. The first-order chi connectivity index (χ1) is 8.45. The van der Waals surface area contributed by atoms with Crippen molar-refractivity contribution in [3.63, 3.8) is 0 Å². The number of piperidine rings is 1. The summed E-state index contributed by atoms with van der Waals surface area (Å²) in [5, 5.41) is 11.8. The zero-order chi connectivity index (χ0) is 13.7. The zero-order valence-electron chi connectivity index (χ0n) is 11.5. The molecule has 1 rings (SSSR count). The van der Waals surface area contributed by atoms with Crippen molar-refractivity contribution >= 4 is 12.0 Å². The molecule has 0 radical (unpaired) electrons. The van der Waals surface area contributed by atoms with Crippen molar-refractivity contribution in [3.8, 4) is 0 Å². The Hall–Kier alpha value is -1.26. The van der Waals surface area contributed by atoms with E-state index in [4.69, 9.17) is 5.11 Å². The summed E-state index contributed by atoms with van der Waals surface area (Å²) in [6.45, 7) is 7.39. The predicted octanol–water partition coefficient (Wildman–Crippen LogP) is 1.93. The molecule has 0 bridgehead atoms. The molecule has 0 saturated carbocycles. The Labute approximate surface area is 109 Å². The second-order valence-electron chi connectivity index (χ2n) is 5.32. The molecule has 0 aromatic carbocycles. The van der Waals surface area contributed by atoms with Crippen LogP contribution in [0, 0.1) is 11.8 Å². The summed E-state index contributed by atoms with van der Waals surface area (Å²) >= 11 is 0. The maximum absolute atomic E-state index is 12.0. The smallest absolute Gasteiger partial charge is 0.326 e. The Kier molecular flexibility index (Phi) is 5.44. The van der Waals surface area contributed by atoms with Crippen molar-refractivity contribution in [2.24, 2.45) is 11.8 Å². The fourth-order valence-electron chi connectivity index (χ4n) is 2.12. The van der Waals surface area contributed by atoms with E-state index in [-0.39, 0.29) is 11.9 Å². The van der Waals surface area contributed by atoms with Gasteiger partial charge in [0.25, 0.3) is 0 Å². The van der Waals surface area contributed by atoms with Crippen LogP contribution in [-0.2, 0) is 4.79 Å². The number of carboxylic acid groups (broad SMARTS) is 1. The number of rotatable bonds is 4. The van der Waals surface area contributed by atoms with Crippen LogP contribution in [0.25, 0.3) is 0 Å². The summed E-state index contributed by atoms with van der Waals surface area (Å²) in [5.41, 5.74) is 0. The summed E-state index contributed by atoms with van der Waals surface area (Å²) in [6, 6.07) is -1.03. The van der Waals surface area contributed by atoms with Gasteiger partial charge in [0.05, 0.1) is 0 Å². The van der Waals surface area contributed by atoms with Crippen LogP contribution in [0.4, 0.5) is 4.79 Å². The van der Waals surface area contributed by atoms with Crippen LogP contribution in [0.1, 0.15) is 40.0 Å². The molecule has 0 aromatic heterocycles. The summed E-state index contributed by atoms with van der Waals surface area (Å²) in [4.78, 5) is 24.8. The Bertz CT molecular complexity index is 299. The van der Waals surface area contributed by atoms with E-state index in [1.54, 1.807) is 4.90 Å². The number of hydrogen-bond acceptors (Lipinski definition) is 2.